The van der Waals surface area contributed by atoms with E-state index in [4.69, 9.17) is 9.84 Å². The summed E-state index contributed by atoms with van der Waals surface area (Å²) in [6.07, 6.45) is 0.259. The number of carboxylic acid groups (broad SMARTS) is 1. The second-order valence-electron chi connectivity index (χ2n) is 4.00. The number of carboxylic acids is 1. The summed E-state index contributed by atoms with van der Waals surface area (Å²) in [6, 6.07) is 0. The van der Waals surface area contributed by atoms with E-state index in [2.05, 4.69) is 0 Å². The monoisotopic (exact) mass is 231 g/mol. The molecule has 0 aliphatic carbocycles. The van der Waals surface area contributed by atoms with Gasteiger partial charge in [-0.1, -0.05) is 7.43 Å². The Morgan fingerprint density at radius 1 is 1.62 bits per heavy atom. The molecule has 1 saturated heterocycles. The molecule has 0 aromatic carbocycles. The van der Waals surface area contributed by atoms with E-state index in [-0.39, 0.29) is 25.9 Å². The zero-order chi connectivity index (χ0) is 11.4. The summed E-state index contributed by atoms with van der Waals surface area (Å²) in [7, 11) is 0. The van der Waals surface area contributed by atoms with Crippen LogP contribution in [-0.4, -0.2) is 47.7 Å². The van der Waals surface area contributed by atoms with Crippen LogP contribution in [-0.2, 0) is 14.3 Å². The molecular weight excluding hydrogens is 210 g/mol. The topological polar surface area (TPSA) is 66.8 Å². The highest BCUT2D eigenvalue weighted by atomic mass is 16.5. The van der Waals surface area contributed by atoms with Crippen LogP contribution in [0.1, 0.15) is 27.7 Å². The lowest BCUT2D eigenvalue weighted by atomic mass is 10.1. The molecular formula is C11H21NO4. The van der Waals surface area contributed by atoms with Crippen molar-refractivity contribution < 1.29 is 19.4 Å². The molecule has 1 rings (SSSR count). The van der Waals surface area contributed by atoms with E-state index >= 15 is 0 Å². The van der Waals surface area contributed by atoms with E-state index in [0.717, 1.165) is 0 Å². The van der Waals surface area contributed by atoms with Crippen LogP contribution in [0.5, 0.6) is 0 Å². The van der Waals surface area contributed by atoms with Gasteiger partial charge in [0.25, 0.3) is 0 Å². The molecule has 1 N–H and O–H groups in total. The third kappa shape index (κ3) is 4.18. The largest absolute Gasteiger partial charge is 0.481 e. The first-order valence-electron chi connectivity index (χ1n) is 5.13. The van der Waals surface area contributed by atoms with Gasteiger partial charge in [-0.15, -0.1) is 0 Å². The highest BCUT2D eigenvalue weighted by Gasteiger charge is 2.33. The van der Waals surface area contributed by atoms with Gasteiger partial charge in [-0.3, -0.25) is 9.59 Å². The zero-order valence-electron chi connectivity index (χ0n) is 9.10. The van der Waals surface area contributed by atoms with Crippen LogP contribution in [0.25, 0.3) is 0 Å². The van der Waals surface area contributed by atoms with Gasteiger partial charge in [0, 0.05) is 19.5 Å². The van der Waals surface area contributed by atoms with Crippen LogP contribution in [0, 0.1) is 5.92 Å². The lowest BCUT2D eigenvalue weighted by Crippen LogP contribution is -2.30. The summed E-state index contributed by atoms with van der Waals surface area (Å²) in [5.41, 5.74) is 0. The van der Waals surface area contributed by atoms with Crippen molar-refractivity contribution in [2.75, 3.05) is 19.7 Å². The molecule has 1 unspecified atom stereocenters. The van der Waals surface area contributed by atoms with Gasteiger partial charge in [-0.2, -0.15) is 0 Å². The van der Waals surface area contributed by atoms with Crippen LogP contribution in [0.2, 0.25) is 0 Å². The van der Waals surface area contributed by atoms with Gasteiger partial charge in [0.15, 0.2) is 0 Å². The Labute approximate surface area is 96.4 Å². The van der Waals surface area contributed by atoms with Gasteiger partial charge >= 0.3 is 5.97 Å². The van der Waals surface area contributed by atoms with Crippen LogP contribution in [0.3, 0.4) is 0 Å². The highest BCUT2D eigenvalue weighted by molar-refractivity contribution is 5.86. The average molecular weight is 231 g/mol. The molecule has 0 aromatic heterocycles. The maximum absolute atomic E-state index is 11.4. The van der Waals surface area contributed by atoms with E-state index in [0.29, 0.717) is 19.7 Å². The molecule has 5 nitrogen and oxygen atoms in total. The fraction of sp³-hybridized carbons (Fsp3) is 0.818. The van der Waals surface area contributed by atoms with Crippen molar-refractivity contribution in [1.82, 2.24) is 4.90 Å². The number of carbonyl (C=O) groups excluding carboxylic acids is 1. The highest BCUT2D eigenvalue weighted by Crippen LogP contribution is 2.17. The standard InChI is InChI=1S/C10H17NO4.CH4/c1-7(2)15-4-3-11-6-8(10(13)14)5-9(11)12;/h7-8H,3-6H2,1-2H3,(H,13,14);1H4. The lowest BCUT2D eigenvalue weighted by molar-refractivity contribution is -0.141. The number of carbonyl (C=O) groups is 2. The van der Waals surface area contributed by atoms with Crippen molar-refractivity contribution in [3.8, 4) is 0 Å². The van der Waals surface area contributed by atoms with Crippen molar-refractivity contribution in [2.24, 2.45) is 5.92 Å². The van der Waals surface area contributed by atoms with E-state index in [1.807, 2.05) is 13.8 Å². The Morgan fingerprint density at radius 3 is 2.69 bits per heavy atom. The number of likely N-dealkylation sites (tertiary alicyclic amines) is 1. The Balaban J connectivity index is 0.00000225. The number of rotatable bonds is 5. The summed E-state index contributed by atoms with van der Waals surface area (Å²) < 4.78 is 5.31. The molecule has 0 spiro atoms. The fourth-order valence-electron chi connectivity index (χ4n) is 1.55. The minimum atomic E-state index is -0.893. The number of nitrogens with zero attached hydrogens (tertiary/aromatic N) is 1. The first kappa shape index (κ1) is 14.9. The van der Waals surface area contributed by atoms with Crippen molar-refractivity contribution in [3.63, 3.8) is 0 Å². The van der Waals surface area contributed by atoms with Crippen molar-refractivity contribution >= 4 is 11.9 Å². The third-order valence-electron chi connectivity index (χ3n) is 2.38. The molecule has 1 fully saturated rings. The zero-order valence-corrected chi connectivity index (χ0v) is 9.10. The normalized spacial score (nSPS) is 20.1. The number of hydrogen-bond donors (Lipinski definition) is 1. The van der Waals surface area contributed by atoms with E-state index in [1.54, 1.807) is 4.90 Å². The molecule has 1 aliphatic heterocycles. The molecule has 94 valence electrons. The first-order chi connectivity index (χ1) is 7.00. The van der Waals surface area contributed by atoms with Gasteiger partial charge in [-0.05, 0) is 13.8 Å². The smallest absolute Gasteiger partial charge is 0.308 e. The Bertz CT molecular complexity index is 252. The number of aliphatic carboxylic acids is 1. The summed E-state index contributed by atoms with van der Waals surface area (Å²) >= 11 is 0. The molecule has 1 aliphatic rings. The molecule has 1 atom stereocenters. The van der Waals surface area contributed by atoms with Gasteiger partial charge in [-0.25, -0.2) is 0 Å². The maximum Gasteiger partial charge on any atom is 0.308 e. The summed E-state index contributed by atoms with van der Waals surface area (Å²) in [5.74, 6) is -1.53. The molecule has 1 heterocycles. The Morgan fingerprint density at radius 2 is 2.25 bits per heavy atom. The third-order valence-corrected chi connectivity index (χ3v) is 2.38. The second kappa shape index (κ2) is 6.48. The number of hydrogen-bond acceptors (Lipinski definition) is 3. The molecule has 0 radical (unpaired) electrons. The molecule has 16 heavy (non-hydrogen) atoms. The molecule has 0 aromatic rings. The quantitative estimate of drug-likeness (QED) is 0.766. The van der Waals surface area contributed by atoms with E-state index in [1.165, 1.54) is 0 Å². The van der Waals surface area contributed by atoms with Crippen molar-refractivity contribution in [1.29, 1.82) is 0 Å². The molecule has 1 amide bonds. The molecule has 0 saturated carbocycles. The van der Waals surface area contributed by atoms with Gasteiger partial charge in [0.05, 0.1) is 18.6 Å². The van der Waals surface area contributed by atoms with E-state index < -0.39 is 11.9 Å². The van der Waals surface area contributed by atoms with Crippen LogP contribution < -0.4 is 0 Å². The van der Waals surface area contributed by atoms with Crippen LogP contribution in [0.15, 0.2) is 0 Å². The summed E-state index contributed by atoms with van der Waals surface area (Å²) in [5, 5.41) is 8.75. The summed E-state index contributed by atoms with van der Waals surface area (Å²) in [4.78, 5) is 23.6. The summed E-state index contributed by atoms with van der Waals surface area (Å²) in [6.45, 7) is 5.11. The predicted octanol–water partition coefficient (Wildman–Crippen LogP) is 0.981. The Kier molecular flexibility index (Phi) is 6.03. The molecule has 0 bridgehead atoms. The van der Waals surface area contributed by atoms with Gasteiger partial charge in [0.1, 0.15) is 0 Å². The minimum Gasteiger partial charge on any atom is -0.481 e. The minimum absolute atomic E-state index is 0. The number of amides is 1. The second-order valence-corrected chi connectivity index (χ2v) is 4.00. The first-order valence-corrected chi connectivity index (χ1v) is 5.13. The number of ether oxygens (including phenoxy) is 1. The fourth-order valence-corrected chi connectivity index (χ4v) is 1.55. The lowest BCUT2D eigenvalue weighted by Gasteiger charge is -2.16. The SMILES string of the molecule is C.CC(C)OCCN1CC(C(=O)O)CC1=O. The molecule has 5 heteroatoms. The Hall–Kier alpha value is -1.10. The van der Waals surface area contributed by atoms with Crippen molar-refractivity contribution in [2.45, 2.75) is 33.8 Å². The van der Waals surface area contributed by atoms with Crippen molar-refractivity contribution in [3.05, 3.63) is 0 Å². The van der Waals surface area contributed by atoms with E-state index in [9.17, 15) is 9.59 Å². The van der Waals surface area contributed by atoms with Gasteiger partial charge in [0.2, 0.25) is 5.91 Å². The van der Waals surface area contributed by atoms with Crippen LogP contribution >= 0.6 is 0 Å². The maximum atomic E-state index is 11.4. The average Bonchev–Trinajstić information content (AvgIpc) is 2.47. The van der Waals surface area contributed by atoms with Crippen LogP contribution in [0.4, 0.5) is 0 Å². The predicted molar refractivity (Wildman–Crippen MR) is 60.1 cm³/mol. The van der Waals surface area contributed by atoms with Gasteiger partial charge < -0.3 is 14.7 Å².